The first kappa shape index (κ1) is 12.1. The van der Waals surface area contributed by atoms with Crippen molar-refractivity contribution in [2.75, 3.05) is 12.8 Å². The molecule has 2 rings (SSSR count). The average molecular weight is 241 g/mol. The molecule has 0 amide bonds. The molecule has 18 heavy (non-hydrogen) atoms. The third-order valence-electron chi connectivity index (χ3n) is 2.96. The summed E-state index contributed by atoms with van der Waals surface area (Å²) in [4.78, 5) is 2.88. The molecule has 1 aromatic heterocycles. The maximum atomic E-state index is 9.17. The predicted molar refractivity (Wildman–Crippen MR) is 71.4 cm³/mol. The zero-order valence-electron chi connectivity index (χ0n) is 10.7. The van der Waals surface area contributed by atoms with Gasteiger partial charge in [-0.25, -0.2) is 0 Å². The van der Waals surface area contributed by atoms with Crippen LogP contribution in [0, 0.1) is 25.2 Å². The molecule has 2 aromatic rings. The number of nitrogens with two attached hydrogens (primary N) is 1. The standard InChI is InChI=1S/C14H15N3O/c1-8-4-9(2)13(12(5-8)18-3)11-7-17-14(16)10(11)6-15/h4-5,7,17H,16H2,1-3H3. The second kappa shape index (κ2) is 4.46. The molecule has 0 aliphatic carbocycles. The van der Waals surface area contributed by atoms with E-state index in [1.54, 1.807) is 13.3 Å². The molecule has 92 valence electrons. The number of nitrogens with one attached hydrogen (secondary N) is 1. The van der Waals surface area contributed by atoms with Crippen molar-refractivity contribution in [2.45, 2.75) is 13.8 Å². The van der Waals surface area contributed by atoms with E-state index < -0.39 is 0 Å². The van der Waals surface area contributed by atoms with Gasteiger partial charge in [-0.15, -0.1) is 0 Å². The highest BCUT2D eigenvalue weighted by molar-refractivity contribution is 5.82. The van der Waals surface area contributed by atoms with Gasteiger partial charge in [0.25, 0.3) is 0 Å². The summed E-state index contributed by atoms with van der Waals surface area (Å²) >= 11 is 0. The van der Waals surface area contributed by atoms with Crippen LogP contribution in [-0.2, 0) is 0 Å². The van der Waals surface area contributed by atoms with Gasteiger partial charge in [0, 0.05) is 17.3 Å². The summed E-state index contributed by atoms with van der Waals surface area (Å²) in [6.07, 6.45) is 1.74. The van der Waals surface area contributed by atoms with Crippen molar-refractivity contribution in [1.82, 2.24) is 4.98 Å². The van der Waals surface area contributed by atoms with E-state index in [0.29, 0.717) is 11.4 Å². The monoisotopic (exact) mass is 241 g/mol. The molecule has 0 unspecified atom stereocenters. The summed E-state index contributed by atoms with van der Waals surface area (Å²) in [5.41, 5.74) is 10.1. The molecule has 0 bridgehead atoms. The zero-order chi connectivity index (χ0) is 13.3. The molecule has 0 saturated heterocycles. The van der Waals surface area contributed by atoms with E-state index in [9.17, 15) is 0 Å². The van der Waals surface area contributed by atoms with E-state index in [-0.39, 0.29) is 0 Å². The van der Waals surface area contributed by atoms with Gasteiger partial charge in [0.15, 0.2) is 0 Å². The number of rotatable bonds is 2. The first-order valence-corrected chi connectivity index (χ1v) is 5.61. The van der Waals surface area contributed by atoms with Crippen molar-refractivity contribution >= 4 is 5.82 Å². The van der Waals surface area contributed by atoms with Crippen LogP contribution < -0.4 is 10.5 Å². The highest BCUT2D eigenvalue weighted by Crippen LogP contribution is 2.37. The second-order valence-corrected chi connectivity index (χ2v) is 4.26. The van der Waals surface area contributed by atoms with Crippen molar-refractivity contribution in [3.05, 3.63) is 35.0 Å². The highest BCUT2D eigenvalue weighted by atomic mass is 16.5. The number of ether oxygens (including phenoxy) is 1. The van der Waals surface area contributed by atoms with Crippen LogP contribution in [0.4, 0.5) is 5.82 Å². The smallest absolute Gasteiger partial charge is 0.127 e. The molecule has 1 aromatic carbocycles. The number of anilines is 1. The Labute approximate surface area is 106 Å². The van der Waals surface area contributed by atoms with Gasteiger partial charge >= 0.3 is 0 Å². The van der Waals surface area contributed by atoms with Gasteiger partial charge in [-0.3, -0.25) is 0 Å². The lowest BCUT2D eigenvalue weighted by molar-refractivity contribution is 0.416. The molecular formula is C14H15N3O. The minimum atomic E-state index is 0.384. The third kappa shape index (κ3) is 1.80. The van der Waals surface area contributed by atoms with E-state index in [1.807, 2.05) is 19.9 Å². The highest BCUT2D eigenvalue weighted by Gasteiger charge is 2.17. The van der Waals surface area contributed by atoms with E-state index in [4.69, 9.17) is 15.7 Å². The Hall–Kier alpha value is -2.41. The number of hydrogen-bond donors (Lipinski definition) is 2. The fourth-order valence-electron chi connectivity index (χ4n) is 2.19. The van der Waals surface area contributed by atoms with E-state index in [0.717, 1.165) is 28.0 Å². The summed E-state index contributed by atoms with van der Waals surface area (Å²) in [5, 5.41) is 9.17. The number of aromatic amines is 1. The molecule has 1 heterocycles. The first-order valence-electron chi connectivity index (χ1n) is 5.61. The van der Waals surface area contributed by atoms with Crippen molar-refractivity contribution in [3.63, 3.8) is 0 Å². The molecule has 0 radical (unpaired) electrons. The van der Waals surface area contributed by atoms with E-state index in [1.165, 1.54) is 0 Å². The summed E-state index contributed by atoms with van der Waals surface area (Å²) in [6.45, 7) is 4.01. The molecule has 0 fully saturated rings. The number of benzene rings is 1. The van der Waals surface area contributed by atoms with E-state index >= 15 is 0 Å². The van der Waals surface area contributed by atoms with Crippen LogP contribution in [0.15, 0.2) is 18.3 Å². The zero-order valence-corrected chi connectivity index (χ0v) is 10.7. The van der Waals surface area contributed by atoms with Crippen LogP contribution in [0.25, 0.3) is 11.1 Å². The third-order valence-corrected chi connectivity index (χ3v) is 2.96. The Balaban J connectivity index is 2.75. The molecule has 4 nitrogen and oxygen atoms in total. The summed E-state index contributed by atoms with van der Waals surface area (Å²) in [6, 6.07) is 6.13. The van der Waals surface area contributed by atoms with Crippen LogP contribution in [0.1, 0.15) is 16.7 Å². The van der Waals surface area contributed by atoms with Gasteiger partial charge in [0.2, 0.25) is 0 Å². The lowest BCUT2D eigenvalue weighted by Crippen LogP contribution is -1.94. The molecule has 0 saturated carbocycles. The Morgan fingerprint density at radius 3 is 2.67 bits per heavy atom. The number of hydrogen-bond acceptors (Lipinski definition) is 3. The summed E-state index contributed by atoms with van der Waals surface area (Å²) < 4.78 is 5.41. The molecule has 0 atom stereocenters. The molecule has 0 spiro atoms. The van der Waals surface area contributed by atoms with Crippen LogP contribution in [-0.4, -0.2) is 12.1 Å². The number of nitriles is 1. The maximum absolute atomic E-state index is 9.17. The predicted octanol–water partition coefficient (Wildman–Crippen LogP) is 2.76. The van der Waals surface area contributed by atoms with Crippen molar-refractivity contribution < 1.29 is 4.74 Å². The van der Waals surface area contributed by atoms with Gasteiger partial charge in [0.05, 0.1) is 7.11 Å². The molecule has 4 heteroatoms. The Bertz CT molecular complexity index is 635. The molecule has 0 aliphatic heterocycles. The van der Waals surface area contributed by atoms with Gasteiger partial charge in [-0.2, -0.15) is 5.26 Å². The molecule has 0 aliphatic rings. The lowest BCUT2D eigenvalue weighted by Gasteiger charge is -2.12. The van der Waals surface area contributed by atoms with Gasteiger partial charge in [0.1, 0.15) is 23.2 Å². The number of aromatic nitrogens is 1. The fraction of sp³-hybridized carbons (Fsp3) is 0.214. The fourth-order valence-corrected chi connectivity index (χ4v) is 2.19. The Morgan fingerprint density at radius 2 is 2.06 bits per heavy atom. The topological polar surface area (TPSA) is 74.8 Å². The number of nitrogen functional groups attached to an aromatic ring is 1. The first-order chi connectivity index (χ1) is 8.58. The normalized spacial score (nSPS) is 10.1. The van der Waals surface area contributed by atoms with Crippen molar-refractivity contribution in [1.29, 1.82) is 5.26 Å². The number of aryl methyl sites for hydroxylation is 2. The Morgan fingerprint density at radius 1 is 1.33 bits per heavy atom. The van der Waals surface area contributed by atoms with Crippen molar-refractivity contribution in [2.24, 2.45) is 0 Å². The van der Waals surface area contributed by atoms with Crippen LogP contribution in [0.5, 0.6) is 5.75 Å². The van der Waals surface area contributed by atoms with Gasteiger partial charge in [-0.05, 0) is 31.0 Å². The second-order valence-electron chi connectivity index (χ2n) is 4.26. The molecule has 3 N–H and O–H groups in total. The van der Waals surface area contributed by atoms with Crippen LogP contribution >= 0.6 is 0 Å². The van der Waals surface area contributed by atoms with Crippen LogP contribution in [0.3, 0.4) is 0 Å². The van der Waals surface area contributed by atoms with E-state index in [2.05, 4.69) is 17.1 Å². The lowest BCUT2D eigenvalue weighted by atomic mass is 9.97. The average Bonchev–Trinajstić information content (AvgIpc) is 2.69. The largest absolute Gasteiger partial charge is 0.496 e. The maximum Gasteiger partial charge on any atom is 0.127 e. The minimum Gasteiger partial charge on any atom is -0.496 e. The Kier molecular flexibility index (Phi) is 2.99. The summed E-state index contributed by atoms with van der Waals surface area (Å²) in [5.74, 6) is 1.14. The number of methoxy groups -OCH3 is 1. The quantitative estimate of drug-likeness (QED) is 0.848. The summed E-state index contributed by atoms with van der Waals surface area (Å²) in [7, 11) is 1.62. The SMILES string of the molecule is COc1cc(C)cc(C)c1-c1c[nH]c(N)c1C#N. The van der Waals surface area contributed by atoms with Crippen LogP contribution in [0.2, 0.25) is 0 Å². The molecular weight excluding hydrogens is 226 g/mol. The minimum absolute atomic E-state index is 0.384. The van der Waals surface area contributed by atoms with Crippen molar-refractivity contribution in [3.8, 4) is 22.9 Å². The van der Waals surface area contributed by atoms with Gasteiger partial charge < -0.3 is 15.5 Å². The number of nitrogens with zero attached hydrogens (tertiary/aromatic N) is 1. The number of H-pyrrole nitrogens is 1. The van der Waals surface area contributed by atoms with Gasteiger partial charge in [-0.1, -0.05) is 6.07 Å².